The lowest BCUT2D eigenvalue weighted by atomic mass is 9.71. The Labute approximate surface area is 124 Å². The molecule has 0 radical (unpaired) electrons. The minimum atomic E-state index is 0.646. The quantitative estimate of drug-likeness (QED) is 0.898. The van der Waals surface area contributed by atoms with Gasteiger partial charge in [-0.05, 0) is 49.3 Å². The van der Waals surface area contributed by atoms with Gasteiger partial charge >= 0.3 is 0 Å². The van der Waals surface area contributed by atoms with Gasteiger partial charge in [-0.2, -0.15) is 0 Å². The molecular formula is C16H22BrNO. The Hall–Kier alpha value is -0.380. The summed E-state index contributed by atoms with van der Waals surface area (Å²) in [6.45, 7) is 4.20. The molecule has 0 amide bonds. The fourth-order valence-electron chi connectivity index (χ4n) is 3.70. The maximum Gasteiger partial charge on any atom is 0.0468 e. The van der Waals surface area contributed by atoms with Crippen LogP contribution in [-0.2, 0) is 4.74 Å². The van der Waals surface area contributed by atoms with Gasteiger partial charge in [0.2, 0.25) is 0 Å². The van der Waals surface area contributed by atoms with E-state index in [9.17, 15) is 0 Å². The molecule has 104 valence electrons. The zero-order valence-electron chi connectivity index (χ0n) is 11.3. The predicted molar refractivity (Wildman–Crippen MR) is 81.4 cm³/mol. The normalized spacial score (nSPS) is 29.3. The zero-order valence-corrected chi connectivity index (χ0v) is 12.9. The number of nitrogens with one attached hydrogen (secondary N) is 1. The van der Waals surface area contributed by atoms with Gasteiger partial charge in [-0.3, -0.25) is 0 Å². The Bertz CT molecular complexity index is 417. The smallest absolute Gasteiger partial charge is 0.0468 e. The fraction of sp³-hybridized carbons (Fsp3) is 0.625. The van der Waals surface area contributed by atoms with E-state index in [0.717, 1.165) is 31.6 Å². The minimum absolute atomic E-state index is 0.646. The first-order chi connectivity index (χ1) is 9.36. The Morgan fingerprint density at radius 3 is 2.68 bits per heavy atom. The summed E-state index contributed by atoms with van der Waals surface area (Å²) in [5.41, 5.74) is 1.48. The number of hydrogen-bond acceptors (Lipinski definition) is 2. The van der Waals surface area contributed by atoms with Crippen LogP contribution in [0, 0.1) is 11.8 Å². The Morgan fingerprint density at radius 1 is 1.11 bits per heavy atom. The topological polar surface area (TPSA) is 21.3 Å². The van der Waals surface area contributed by atoms with Crippen molar-refractivity contribution in [2.75, 3.05) is 26.3 Å². The summed E-state index contributed by atoms with van der Waals surface area (Å²) in [6.07, 6.45) is 3.79. The molecule has 2 aliphatic rings. The van der Waals surface area contributed by atoms with Crippen molar-refractivity contribution in [1.29, 1.82) is 0 Å². The lowest BCUT2D eigenvalue weighted by molar-refractivity contribution is 0.0355. The van der Waals surface area contributed by atoms with E-state index < -0.39 is 0 Å². The third-order valence-electron chi connectivity index (χ3n) is 4.71. The first-order valence-corrected chi connectivity index (χ1v) is 8.18. The zero-order chi connectivity index (χ0) is 13.1. The van der Waals surface area contributed by atoms with Gasteiger partial charge in [0, 0.05) is 30.1 Å². The Morgan fingerprint density at radius 2 is 1.89 bits per heavy atom. The first kappa shape index (κ1) is 13.6. The first-order valence-electron chi connectivity index (χ1n) is 7.39. The molecule has 0 bridgehead atoms. The largest absolute Gasteiger partial charge is 0.381 e. The van der Waals surface area contributed by atoms with Crippen molar-refractivity contribution >= 4 is 15.9 Å². The molecule has 0 aliphatic carbocycles. The number of ether oxygens (including phenoxy) is 1. The maximum atomic E-state index is 5.53. The van der Waals surface area contributed by atoms with Crippen molar-refractivity contribution in [3.05, 3.63) is 34.3 Å². The van der Waals surface area contributed by atoms with Crippen molar-refractivity contribution < 1.29 is 4.74 Å². The summed E-state index contributed by atoms with van der Waals surface area (Å²) in [7, 11) is 0. The van der Waals surface area contributed by atoms with Crippen LogP contribution in [-0.4, -0.2) is 26.3 Å². The molecule has 1 N–H and O–H groups in total. The van der Waals surface area contributed by atoms with Gasteiger partial charge in [-0.25, -0.2) is 0 Å². The molecule has 2 saturated heterocycles. The standard InChI is InChI=1S/C16H22BrNO/c17-16-4-2-1-3-14(16)15-11-18-8-5-13(15)12-6-9-19-10-7-12/h1-4,12-13,15,18H,5-11H2. The lowest BCUT2D eigenvalue weighted by Gasteiger charge is -2.40. The highest BCUT2D eigenvalue weighted by molar-refractivity contribution is 9.10. The van der Waals surface area contributed by atoms with Crippen molar-refractivity contribution in [1.82, 2.24) is 5.32 Å². The number of benzene rings is 1. The average molecular weight is 324 g/mol. The lowest BCUT2D eigenvalue weighted by Crippen LogP contribution is -2.40. The van der Waals surface area contributed by atoms with Gasteiger partial charge in [-0.1, -0.05) is 34.1 Å². The van der Waals surface area contributed by atoms with E-state index >= 15 is 0 Å². The van der Waals surface area contributed by atoms with Crippen molar-refractivity contribution in [3.8, 4) is 0 Å². The van der Waals surface area contributed by atoms with Crippen LogP contribution in [0.4, 0.5) is 0 Å². The highest BCUT2D eigenvalue weighted by Crippen LogP contribution is 2.40. The molecular weight excluding hydrogens is 302 g/mol. The van der Waals surface area contributed by atoms with Crippen molar-refractivity contribution in [3.63, 3.8) is 0 Å². The molecule has 2 nitrogen and oxygen atoms in total. The van der Waals surface area contributed by atoms with E-state index in [1.54, 1.807) is 0 Å². The van der Waals surface area contributed by atoms with Gasteiger partial charge in [0.05, 0.1) is 0 Å². The van der Waals surface area contributed by atoms with Crippen LogP contribution < -0.4 is 5.32 Å². The van der Waals surface area contributed by atoms with Gasteiger partial charge in [0.1, 0.15) is 0 Å². The molecule has 1 aromatic rings. The van der Waals surface area contributed by atoms with E-state index in [4.69, 9.17) is 4.74 Å². The molecule has 3 heteroatoms. The molecule has 0 spiro atoms. The van der Waals surface area contributed by atoms with Crippen LogP contribution in [0.25, 0.3) is 0 Å². The molecule has 0 aromatic heterocycles. The van der Waals surface area contributed by atoms with Crippen LogP contribution in [0.3, 0.4) is 0 Å². The minimum Gasteiger partial charge on any atom is -0.381 e. The molecule has 3 rings (SSSR count). The van der Waals surface area contributed by atoms with Crippen LogP contribution in [0.15, 0.2) is 28.7 Å². The molecule has 2 atom stereocenters. The third-order valence-corrected chi connectivity index (χ3v) is 5.43. The second-order valence-electron chi connectivity index (χ2n) is 5.73. The van der Waals surface area contributed by atoms with E-state index in [0.29, 0.717) is 5.92 Å². The predicted octanol–water partition coefficient (Wildman–Crippen LogP) is 3.57. The Balaban J connectivity index is 1.82. The van der Waals surface area contributed by atoms with E-state index in [2.05, 4.69) is 45.5 Å². The highest BCUT2D eigenvalue weighted by atomic mass is 79.9. The van der Waals surface area contributed by atoms with Gasteiger partial charge in [0.25, 0.3) is 0 Å². The average Bonchev–Trinajstić information content (AvgIpc) is 2.49. The third kappa shape index (κ3) is 3.04. The molecule has 2 heterocycles. The van der Waals surface area contributed by atoms with Crippen molar-refractivity contribution in [2.24, 2.45) is 11.8 Å². The summed E-state index contributed by atoms with van der Waals surface area (Å²) < 4.78 is 6.79. The number of halogens is 1. The molecule has 1 aromatic carbocycles. The van der Waals surface area contributed by atoms with E-state index in [1.807, 2.05) is 0 Å². The van der Waals surface area contributed by atoms with Crippen molar-refractivity contribution in [2.45, 2.75) is 25.2 Å². The second kappa shape index (κ2) is 6.38. The second-order valence-corrected chi connectivity index (χ2v) is 6.59. The molecule has 19 heavy (non-hydrogen) atoms. The van der Waals surface area contributed by atoms with Gasteiger partial charge in [-0.15, -0.1) is 0 Å². The molecule has 2 aliphatic heterocycles. The van der Waals surface area contributed by atoms with Crippen LogP contribution in [0.5, 0.6) is 0 Å². The number of rotatable bonds is 2. The SMILES string of the molecule is Brc1ccccc1C1CNCCC1C1CCOCC1. The molecule has 2 unspecified atom stereocenters. The summed E-state index contributed by atoms with van der Waals surface area (Å²) in [5, 5.41) is 3.58. The van der Waals surface area contributed by atoms with Gasteiger partial charge in [0.15, 0.2) is 0 Å². The fourth-order valence-corrected chi connectivity index (χ4v) is 4.28. The summed E-state index contributed by atoms with van der Waals surface area (Å²) in [4.78, 5) is 0. The summed E-state index contributed by atoms with van der Waals surface area (Å²) in [5.74, 6) is 2.30. The van der Waals surface area contributed by atoms with Crippen LogP contribution in [0.2, 0.25) is 0 Å². The molecule has 0 saturated carbocycles. The van der Waals surface area contributed by atoms with Crippen LogP contribution in [0.1, 0.15) is 30.7 Å². The van der Waals surface area contributed by atoms with E-state index in [-0.39, 0.29) is 0 Å². The number of piperidine rings is 1. The summed E-state index contributed by atoms with van der Waals surface area (Å²) in [6, 6.07) is 8.72. The Kier molecular flexibility index (Phi) is 4.57. The van der Waals surface area contributed by atoms with Crippen LogP contribution >= 0.6 is 15.9 Å². The summed E-state index contributed by atoms with van der Waals surface area (Å²) >= 11 is 3.73. The monoisotopic (exact) mass is 323 g/mol. The number of hydrogen-bond donors (Lipinski definition) is 1. The highest BCUT2D eigenvalue weighted by Gasteiger charge is 2.34. The van der Waals surface area contributed by atoms with Gasteiger partial charge < -0.3 is 10.1 Å². The van der Waals surface area contributed by atoms with E-state index in [1.165, 1.54) is 35.8 Å². The maximum absolute atomic E-state index is 5.53. The molecule has 2 fully saturated rings.